The van der Waals surface area contributed by atoms with Crippen LogP contribution in [0.1, 0.15) is 132 Å². The van der Waals surface area contributed by atoms with Crippen LogP contribution < -0.4 is 10.6 Å². The highest BCUT2D eigenvalue weighted by atomic mass is 16.7. The predicted octanol–water partition coefficient (Wildman–Crippen LogP) is 6.31. The van der Waals surface area contributed by atoms with Gasteiger partial charge in [0.25, 0.3) is 0 Å². The van der Waals surface area contributed by atoms with Gasteiger partial charge in [-0.2, -0.15) is 0 Å². The van der Waals surface area contributed by atoms with Crippen molar-refractivity contribution in [3.05, 3.63) is 70.8 Å². The highest BCUT2D eigenvalue weighted by Crippen LogP contribution is 2.42. The zero-order chi connectivity index (χ0) is 35.7. The average molecular weight is 692 g/mol. The number of hydrogen-bond acceptors (Lipinski definition) is 7. The summed E-state index contributed by atoms with van der Waals surface area (Å²) in [7, 11) is 0. The second-order valence-corrected chi connectivity index (χ2v) is 15.5. The van der Waals surface area contributed by atoms with Crippen LogP contribution in [0.2, 0.25) is 0 Å². The molecule has 1 aliphatic carbocycles. The summed E-state index contributed by atoms with van der Waals surface area (Å²) in [6.45, 7) is 7.13. The molecule has 2 aliphatic heterocycles. The quantitative estimate of drug-likeness (QED) is 0.169. The summed E-state index contributed by atoms with van der Waals surface area (Å²) in [6.07, 6.45) is 8.80. The van der Waals surface area contributed by atoms with Crippen molar-refractivity contribution < 1.29 is 34.1 Å². The number of likely N-dealkylation sites (tertiary alicyclic amines) is 1. The molecule has 50 heavy (non-hydrogen) atoms. The lowest BCUT2D eigenvalue weighted by atomic mass is 9.75. The molecule has 2 amide bonds. The lowest BCUT2D eigenvalue weighted by molar-refractivity contribution is -0.255. The Balaban J connectivity index is 1.29. The normalized spacial score (nSPS) is 25.8. The summed E-state index contributed by atoms with van der Waals surface area (Å²) in [5.41, 5.74) is 3.41. The van der Waals surface area contributed by atoms with Gasteiger partial charge in [-0.05, 0) is 81.9 Å². The van der Waals surface area contributed by atoms with Gasteiger partial charge in [0.05, 0.1) is 24.9 Å². The summed E-state index contributed by atoms with van der Waals surface area (Å²) < 4.78 is 13.4. The van der Waals surface area contributed by atoms with Crippen LogP contribution in [0.15, 0.2) is 48.5 Å². The number of carboxylic acids is 1. The topological polar surface area (TPSA) is 137 Å². The first-order valence-electron chi connectivity index (χ1n) is 18.6. The first kappa shape index (κ1) is 37.9. The molecule has 6 atom stereocenters. The molecule has 4 N–H and O–H groups in total. The number of aliphatic carboxylic acids is 1. The molecule has 10 nitrogen and oxygen atoms in total. The molecule has 2 aromatic carbocycles. The maximum Gasteiger partial charge on any atom is 0.303 e. The van der Waals surface area contributed by atoms with Crippen LogP contribution in [0.3, 0.4) is 0 Å². The summed E-state index contributed by atoms with van der Waals surface area (Å²) in [6, 6.07) is 16.0. The molecule has 1 saturated carbocycles. The number of amides is 2. The SMILES string of the molecule is CC(C)(C)NC(=O)[C@H]1CC[C@H]2CCCC[C@H]2N1C[C@@H]1C[C@H](c2ccc(CO)cc2)O[C@H](c2ccc(CNC(=O)CCCCCC(=O)O)cc2)O1. The van der Waals surface area contributed by atoms with Crippen molar-refractivity contribution >= 4 is 17.8 Å². The second-order valence-electron chi connectivity index (χ2n) is 15.5. The Labute approximate surface area is 297 Å². The van der Waals surface area contributed by atoms with Crippen LogP contribution in [0.5, 0.6) is 0 Å². The summed E-state index contributed by atoms with van der Waals surface area (Å²) >= 11 is 0. The van der Waals surface area contributed by atoms with Crippen molar-refractivity contribution in [3.63, 3.8) is 0 Å². The Morgan fingerprint density at radius 3 is 2.22 bits per heavy atom. The van der Waals surface area contributed by atoms with E-state index >= 15 is 0 Å². The number of rotatable bonds is 14. The molecular formula is C40H57N3O7. The third-order valence-corrected chi connectivity index (χ3v) is 10.4. The summed E-state index contributed by atoms with van der Waals surface area (Å²) in [4.78, 5) is 39.2. The second kappa shape index (κ2) is 17.8. The first-order valence-corrected chi connectivity index (χ1v) is 18.6. The molecule has 0 aromatic heterocycles. The van der Waals surface area contributed by atoms with Crippen LogP contribution in [0.25, 0.3) is 0 Å². The number of nitrogens with zero attached hydrogens (tertiary/aromatic N) is 1. The molecule has 0 unspecified atom stereocenters. The Morgan fingerprint density at radius 2 is 1.52 bits per heavy atom. The van der Waals surface area contributed by atoms with Gasteiger partial charge in [-0.15, -0.1) is 0 Å². The van der Waals surface area contributed by atoms with Gasteiger partial charge in [0.15, 0.2) is 6.29 Å². The number of hydrogen-bond donors (Lipinski definition) is 4. The van der Waals surface area contributed by atoms with E-state index < -0.39 is 12.3 Å². The van der Waals surface area contributed by atoms with Crippen LogP contribution in [-0.2, 0) is 37.0 Å². The minimum Gasteiger partial charge on any atom is -0.481 e. The van der Waals surface area contributed by atoms with Crippen LogP contribution in [-0.4, -0.2) is 63.2 Å². The highest BCUT2D eigenvalue weighted by molar-refractivity contribution is 5.82. The third kappa shape index (κ3) is 10.8. The van der Waals surface area contributed by atoms with Gasteiger partial charge in [0.2, 0.25) is 11.8 Å². The molecule has 0 radical (unpaired) electrons. The molecule has 3 fully saturated rings. The minimum atomic E-state index is -0.807. The number of benzene rings is 2. The molecule has 5 rings (SSSR count). The number of nitrogens with one attached hydrogen (secondary N) is 2. The first-order chi connectivity index (χ1) is 24.0. The van der Waals surface area contributed by atoms with Gasteiger partial charge in [0.1, 0.15) is 0 Å². The number of fused-ring (bicyclic) bond motifs is 1. The molecule has 2 aromatic rings. The van der Waals surface area contributed by atoms with Gasteiger partial charge in [0, 0.05) is 49.5 Å². The van der Waals surface area contributed by atoms with Crippen molar-refractivity contribution in [2.75, 3.05) is 6.54 Å². The smallest absolute Gasteiger partial charge is 0.303 e. The fourth-order valence-corrected chi connectivity index (χ4v) is 7.82. The highest BCUT2D eigenvalue weighted by Gasteiger charge is 2.44. The number of carbonyl (C=O) groups excluding carboxylic acids is 2. The van der Waals surface area contributed by atoms with E-state index in [1.165, 1.54) is 19.3 Å². The third-order valence-electron chi connectivity index (χ3n) is 10.4. The number of carbonyl (C=O) groups is 3. The molecule has 0 spiro atoms. The molecule has 10 heteroatoms. The van der Waals surface area contributed by atoms with Crippen molar-refractivity contribution in [1.82, 2.24) is 15.5 Å². The predicted molar refractivity (Wildman–Crippen MR) is 191 cm³/mol. The number of piperidine rings is 1. The number of aliphatic hydroxyl groups is 1. The Morgan fingerprint density at radius 1 is 0.840 bits per heavy atom. The van der Waals surface area contributed by atoms with E-state index in [1.807, 2.05) is 69.3 Å². The Kier molecular flexibility index (Phi) is 13.5. The number of ether oxygens (including phenoxy) is 2. The minimum absolute atomic E-state index is 0.0186. The van der Waals surface area contributed by atoms with Gasteiger partial charge in [-0.1, -0.05) is 67.8 Å². The molecule has 2 heterocycles. The Hall–Kier alpha value is -3.31. The zero-order valence-corrected chi connectivity index (χ0v) is 30.1. The van der Waals surface area contributed by atoms with Crippen molar-refractivity contribution in [3.8, 4) is 0 Å². The lowest BCUT2D eigenvalue weighted by Gasteiger charge is -2.50. The van der Waals surface area contributed by atoms with Crippen LogP contribution in [0, 0.1) is 5.92 Å². The van der Waals surface area contributed by atoms with E-state index in [9.17, 15) is 19.5 Å². The van der Waals surface area contributed by atoms with Crippen LogP contribution in [0.4, 0.5) is 0 Å². The van der Waals surface area contributed by atoms with E-state index in [1.54, 1.807) is 0 Å². The fraction of sp³-hybridized carbons (Fsp3) is 0.625. The maximum atomic E-state index is 13.7. The van der Waals surface area contributed by atoms with Gasteiger partial charge >= 0.3 is 5.97 Å². The standard InChI is InChI=1S/C40H57N3O7/c1-40(2,3)42-38(48)34-22-21-29-9-7-8-10-33(29)43(34)25-32-23-35(30-17-15-28(26-44)16-18-30)50-39(49-32)31-19-13-27(14-20-31)24-41-36(45)11-5-4-6-12-37(46)47/h13-20,29,32-35,39,44H,4-12,21-26H2,1-3H3,(H,41,45)(H,42,48)(H,46,47)/t29-,32+,33-,34-,35-,39-/m1/s1. The number of carboxylic acid groups (broad SMARTS) is 1. The lowest BCUT2D eigenvalue weighted by Crippen LogP contribution is -2.61. The molecule has 0 bridgehead atoms. The van der Waals surface area contributed by atoms with Crippen molar-refractivity contribution in [2.24, 2.45) is 5.92 Å². The average Bonchev–Trinajstić information content (AvgIpc) is 3.10. The van der Waals surface area contributed by atoms with Crippen LogP contribution >= 0.6 is 0 Å². The van der Waals surface area contributed by atoms with Crippen molar-refractivity contribution in [1.29, 1.82) is 0 Å². The molecule has 3 aliphatic rings. The van der Waals surface area contributed by atoms with Gasteiger partial charge < -0.3 is 30.3 Å². The van der Waals surface area contributed by atoms with Gasteiger partial charge in [-0.3, -0.25) is 19.3 Å². The monoisotopic (exact) mass is 691 g/mol. The molecular weight excluding hydrogens is 634 g/mol. The molecule has 274 valence electrons. The summed E-state index contributed by atoms with van der Waals surface area (Å²) in [5, 5.41) is 24.6. The van der Waals surface area contributed by atoms with E-state index in [4.69, 9.17) is 14.6 Å². The largest absolute Gasteiger partial charge is 0.481 e. The molecule has 2 saturated heterocycles. The van der Waals surface area contributed by atoms with E-state index in [2.05, 4.69) is 15.5 Å². The Bertz CT molecular complexity index is 1410. The maximum absolute atomic E-state index is 13.7. The number of aliphatic hydroxyl groups excluding tert-OH is 1. The summed E-state index contributed by atoms with van der Waals surface area (Å²) in [5.74, 6) is -0.154. The zero-order valence-electron chi connectivity index (χ0n) is 30.1. The van der Waals surface area contributed by atoms with Crippen molar-refractivity contribution in [2.45, 2.75) is 147 Å². The van der Waals surface area contributed by atoms with E-state index in [0.717, 1.165) is 41.5 Å². The fourth-order valence-electron chi connectivity index (χ4n) is 7.82. The van der Waals surface area contributed by atoms with Gasteiger partial charge in [-0.25, -0.2) is 0 Å². The van der Waals surface area contributed by atoms with E-state index in [0.29, 0.717) is 57.2 Å². The number of unbranched alkanes of at least 4 members (excludes halogenated alkanes) is 2. The van der Waals surface area contributed by atoms with E-state index in [-0.39, 0.29) is 48.6 Å².